The van der Waals surface area contributed by atoms with E-state index < -0.39 is 0 Å². The normalized spacial score (nSPS) is 26.2. The predicted molar refractivity (Wildman–Crippen MR) is 109 cm³/mol. The van der Waals surface area contributed by atoms with Gasteiger partial charge in [-0.1, -0.05) is 19.4 Å². The van der Waals surface area contributed by atoms with E-state index in [1.165, 1.54) is 12.0 Å². The van der Waals surface area contributed by atoms with Crippen LogP contribution in [-0.4, -0.2) is 32.0 Å². The lowest BCUT2D eigenvalue weighted by molar-refractivity contribution is -0.133. The van der Waals surface area contributed by atoms with Crippen molar-refractivity contribution in [2.45, 2.75) is 64.4 Å². The van der Waals surface area contributed by atoms with Crippen LogP contribution in [0.3, 0.4) is 0 Å². The van der Waals surface area contributed by atoms with E-state index in [0.717, 1.165) is 50.0 Å². The average molecular weight is 388 g/mol. The van der Waals surface area contributed by atoms with Crippen LogP contribution in [0.15, 0.2) is 18.2 Å². The number of Topliss-reactive ketones (excluding diaryl/α,β-unsaturated/α-hetero) is 1. The van der Waals surface area contributed by atoms with E-state index in [2.05, 4.69) is 18.3 Å². The van der Waals surface area contributed by atoms with Gasteiger partial charge >= 0.3 is 0 Å². The number of methoxy groups -OCH3 is 1. The van der Waals surface area contributed by atoms with Gasteiger partial charge in [-0.3, -0.25) is 9.59 Å². The zero-order valence-electron chi connectivity index (χ0n) is 17.3. The smallest absolute Gasteiger partial charge is 0.222 e. The molecule has 3 atom stereocenters. The molecular formula is C23H33NO4. The molecule has 3 aliphatic rings. The van der Waals surface area contributed by atoms with E-state index >= 15 is 0 Å². The maximum Gasteiger partial charge on any atom is 0.222 e. The number of carbonyl (C=O) groups is 2. The van der Waals surface area contributed by atoms with Crippen LogP contribution in [0.5, 0.6) is 11.5 Å². The number of hydrogen-bond acceptors (Lipinski definition) is 4. The van der Waals surface area contributed by atoms with Crippen LogP contribution in [0.1, 0.15) is 57.4 Å². The summed E-state index contributed by atoms with van der Waals surface area (Å²) in [6.07, 6.45) is 8.02. The lowest BCUT2D eigenvalue weighted by Gasteiger charge is -2.36. The van der Waals surface area contributed by atoms with Crippen LogP contribution < -0.4 is 14.8 Å². The third-order valence-electron chi connectivity index (χ3n) is 6.55. The Balaban J connectivity index is 0.000000236. The molecule has 5 heteroatoms. The van der Waals surface area contributed by atoms with Gasteiger partial charge in [0.15, 0.2) is 23.4 Å². The number of nitrogens with one attached hydrogen (secondary N) is 1. The Morgan fingerprint density at radius 1 is 1.21 bits per heavy atom. The maximum atomic E-state index is 12.3. The highest BCUT2D eigenvalue weighted by molar-refractivity contribution is 5.84. The number of amides is 1. The molecule has 1 amide bonds. The molecule has 4 bridgehead atoms. The Morgan fingerprint density at radius 2 is 1.96 bits per heavy atom. The van der Waals surface area contributed by atoms with Crippen molar-refractivity contribution in [3.63, 3.8) is 0 Å². The molecule has 2 fully saturated rings. The van der Waals surface area contributed by atoms with Crippen LogP contribution in [0.4, 0.5) is 0 Å². The number of carbonyl (C=O) groups excluding carboxylic acids is 2. The molecule has 1 aliphatic heterocycles. The summed E-state index contributed by atoms with van der Waals surface area (Å²) in [5, 5.41) is 2.63. The van der Waals surface area contributed by atoms with E-state index in [-0.39, 0.29) is 17.8 Å². The summed E-state index contributed by atoms with van der Waals surface area (Å²) in [5.74, 6) is 3.21. The Bertz CT molecular complexity index is 698. The Hall–Kier alpha value is -2.04. The summed E-state index contributed by atoms with van der Waals surface area (Å²) in [6.45, 7) is 2.16. The predicted octanol–water partition coefficient (Wildman–Crippen LogP) is 3.93. The summed E-state index contributed by atoms with van der Waals surface area (Å²) in [6, 6.07) is 6.09. The standard InChI is InChI=1S/C17H22O3.C6H11NO/c1-3-13-12-6-4-11-5-9-15(19-2)16(10-11)20-17(13)14(18)8-7-12;1-7-6(8)5-3-2-4-5/h5,9-10,12-13,17H,3-4,6-8H2,1-2H3;5H,2-4H2,1H3,(H,7,8). The summed E-state index contributed by atoms with van der Waals surface area (Å²) in [5.41, 5.74) is 1.27. The van der Waals surface area contributed by atoms with Gasteiger partial charge in [-0.2, -0.15) is 0 Å². The van der Waals surface area contributed by atoms with Crippen molar-refractivity contribution in [1.29, 1.82) is 0 Å². The lowest BCUT2D eigenvalue weighted by Crippen LogP contribution is -2.43. The Morgan fingerprint density at radius 3 is 2.54 bits per heavy atom. The number of benzene rings is 1. The molecule has 3 unspecified atom stereocenters. The number of fused-ring (bicyclic) bond motifs is 4. The lowest BCUT2D eigenvalue weighted by atomic mass is 9.73. The third-order valence-corrected chi connectivity index (χ3v) is 6.55. The van der Waals surface area contributed by atoms with E-state index in [4.69, 9.17) is 9.47 Å². The molecule has 0 saturated heterocycles. The van der Waals surface area contributed by atoms with Gasteiger partial charge < -0.3 is 14.8 Å². The van der Waals surface area contributed by atoms with Gasteiger partial charge in [0.1, 0.15) is 0 Å². The van der Waals surface area contributed by atoms with E-state index in [1.54, 1.807) is 14.2 Å². The highest BCUT2D eigenvalue weighted by Crippen LogP contribution is 2.40. The third kappa shape index (κ3) is 4.50. The van der Waals surface area contributed by atoms with Crippen molar-refractivity contribution in [3.8, 4) is 11.5 Å². The second-order valence-electron chi connectivity index (χ2n) is 8.14. The highest BCUT2D eigenvalue weighted by Gasteiger charge is 2.39. The van der Waals surface area contributed by atoms with Crippen LogP contribution >= 0.6 is 0 Å². The fraction of sp³-hybridized carbons (Fsp3) is 0.652. The van der Waals surface area contributed by atoms with Crippen molar-refractivity contribution in [1.82, 2.24) is 5.32 Å². The zero-order valence-corrected chi connectivity index (χ0v) is 17.3. The summed E-state index contributed by atoms with van der Waals surface area (Å²) in [7, 11) is 3.34. The van der Waals surface area contributed by atoms with Crippen molar-refractivity contribution in [3.05, 3.63) is 23.8 Å². The van der Waals surface area contributed by atoms with Gasteiger partial charge in [0.25, 0.3) is 0 Å². The minimum Gasteiger partial charge on any atom is -0.493 e. The number of hydrogen-bond donors (Lipinski definition) is 1. The molecule has 28 heavy (non-hydrogen) atoms. The number of ketones is 1. The summed E-state index contributed by atoms with van der Waals surface area (Å²) >= 11 is 0. The van der Waals surface area contributed by atoms with Gasteiger partial charge in [0.2, 0.25) is 5.91 Å². The molecule has 1 aromatic carbocycles. The van der Waals surface area contributed by atoms with Gasteiger partial charge in [-0.25, -0.2) is 0 Å². The van der Waals surface area contributed by atoms with Gasteiger partial charge in [-0.15, -0.1) is 0 Å². The largest absolute Gasteiger partial charge is 0.493 e. The molecule has 0 spiro atoms. The van der Waals surface area contributed by atoms with Crippen molar-refractivity contribution < 1.29 is 19.1 Å². The average Bonchev–Trinajstić information content (AvgIpc) is 2.71. The van der Waals surface area contributed by atoms with Crippen LogP contribution in [0.2, 0.25) is 0 Å². The van der Waals surface area contributed by atoms with E-state index in [9.17, 15) is 9.59 Å². The fourth-order valence-electron chi connectivity index (χ4n) is 4.56. The SMILES string of the molecule is CCC1C2CCC(=O)C1Oc1cc(ccc1OC)CC2.CNC(=O)C1CCC1. The monoisotopic (exact) mass is 387 g/mol. The minimum atomic E-state index is -0.291. The van der Waals surface area contributed by atoms with Gasteiger partial charge in [-0.05, 0) is 62.1 Å². The van der Waals surface area contributed by atoms with Crippen molar-refractivity contribution in [2.24, 2.45) is 17.8 Å². The molecule has 1 heterocycles. The molecule has 2 aliphatic carbocycles. The topological polar surface area (TPSA) is 64.6 Å². The van der Waals surface area contributed by atoms with Crippen molar-refractivity contribution in [2.75, 3.05) is 14.2 Å². The Labute approximate surface area is 168 Å². The molecule has 1 N–H and O–H groups in total. The maximum absolute atomic E-state index is 12.3. The molecule has 154 valence electrons. The van der Waals surface area contributed by atoms with Crippen LogP contribution in [0, 0.1) is 17.8 Å². The highest BCUT2D eigenvalue weighted by atomic mass is 16.5. The minimum absolute atomic E-state index is 0.219. The van der Waals surface area contributed by atoms with Crippen LogP contribution in [0.25, 0.3) is 0 Å². The zero-order chi connectivity index (χ0) is 20.1. The molecule has 4 rings (SSSR count). The summed E-state index contributed by atoms with van der Waals surface area (Å²) < 4.78 is 11.5. The first-order valence-electron chi connectivity index (χ1n) is 10.6. The van der Waals surface area contributed by atoms with E-state index in [1.807, 2.05) is 12.1 Å². The fourth-order valence-corrected chi connectivity index (χ4v) is 4.56. The first-order chi connectivity index (χ1) is 13.6. The number of rotatable bonds is 3. The second kappa shape index (κ2) is 9.44. The van der Waals surface area contributed by atoms with E-state index in [0.29, 0.717) is 24.2 Å². The first-order valence-corrected chi connectivity index (χ1v) is 10.6. The molecular weight excluding hydrogens is 354 g/mol. The molecule has 0 aromatic heterocycles. The molecule has 1 aromatic rings. The molecule has 2 saturated carbocycles. The number of ether oxygens (including phenoxy) is 2. The van der Waals surface area contributed by atoms with Crippen LogP contribution in [-0.2, 0) is 16.0 Å². The first kappa shape index (κ1) is 20.7. The molecule has 5 nitrogen and oxygen atoms in total. The summed E-state index contributed by atoms with van der Waals surface area (Å²) in [4.78, 5) is 23.0. The quantitative estimate of drug-likeness (QED) is 0.854. The Kier molecular flexibility index (Phi) is 6.97. The van der Waals surface area contributed by atoms with Gasteiger partial charge in [0.05, 0.1) is 7.11 Å². The molecule has 0 radical (unpaired) electrons. The second-order valence-corrected chi connectivity index (χ2v) is 8.14. The van der Waals surface area contributed by atoms with Crippen molar-refractivity contribution >= 4 is 11.7 Å². The van der Waals surface area contributed by atoms with Gasteiger partial charge in [0, 0.05) is 25.3 Å². The number of aryl methyl sites for hydroxylation is 1.